The first kappa shape index (κ1) is 22.1. The van der Waals surface area contributed by atoms with Crippen molar-refractivity contribution in [2.24, 2.45) is 4.99 Å². The van der Waals surface area contributed by atoms with E-state index in [0.29, 0.717) is 12.2 Å². The molecule has 1 amide bonds. The third-order valence-corrected chi connectivity index (χ3v) is 6.70. The fourth-order valence-corrected chi connectivity index (χ4v) is 5.10. The normalized spacial score (nSPS) is 13.4. The smallest absolute Gasteiger partial charge is 0.259 e. The lowest BCUT2D eigenvalue weighted by molar-refractivity contribution is 0.102. The molecule has 1 aromatic heterocycles. The van der Waals surface area contributed by atoms with Crippen LogP contribution >= 0.6 is 11.3 Å². The molecule has 0 radical (unpaired) electrons. The monoisotopic (exact) mass is 448 g/mol. The third-order valence-electron chi connectivity index (χ3n) is 5.50. The van der Waals surface area contributed by atoms with Crippen LogP contribution in [0.15, 0.2) is 53.5 Å². The van der Waals surface area contributed by atoms with Crippen LogP contribution in [0.1, 0.15) is 52.5 Å². The summed E-state index contributed by atoms with van der Waals surface area (Å²) in [6.45, 7) is 2.56. The van der Waals surface area contributed by atoms with Gasteiger partial charge in [0.1, 0.15) is 16.5 Å². The minimum Gasteiger partial charge on any atom is -0.497 e. The van der Waals surface area contributed by atoms with Gasteiger partial charge in [0.15, 0.2) is 0 Å². The summed E-state index contributed by atoms with van der Waals surface area (Å²) in [7, 11) is 1.65. The number of rotatable bonds is 7. The highest BCUT2D eigenvalue weighted by atomic mass is 32.1. The van der Waals surface area contributed by atoms with E-state index < -0.39 is 0 Å². The van der Waals surface area contributed by atoms with Gasteiger partial charge >= 0.3 is 0 Å². The standard InChI is InChI=1S/C26H28N2O3S/c1-3-31-21-15-11-19(12-16-21)28-25(29)24-22-7-5-4-6-8-23(22)32-26(24)27-17-18-9-13-20(30-2)14-10-18/h9-17H,3-8H2,1-2H3,(H,28,29)/b27-17+. The van der Waals surface area contributed by atoms with Gasteiger partial charge in [-0.1, -0.05) is 6.42 Å². The first-order chi connectivity index (χ1) is 15.7. The lowest BCUT2D eigenvalue weighted by Gasteiger charge is -2.09. The van der Waals surface area contributed by atoms with Crippen LogP contribution in [0.2, 0.25) is 0 Å². The summed E-state index contributed by atoms with van der Waals surface area (Å²) in [5.41, 5.74) is 3.59. The molecule has 1 heterocycles. The number of nitrogens with one attached hydrogen (secondary N) is 1. The van der Waals surface area contributed by atoms with E-state index in [2.05, 4.69) is 5.32 Å². The van der Waals surface area contributed by atoms with Crippen molar-refractivity contribution < 1.29 is 14.3 Å². The molecule has 0 spiro atoms. The lowest BCUT2D eigenvalue weighted by atomic mass is 10.0. The molecule has 0 atom stereocenters. The number of aryl methyl sites for hydroxylation is 1. The molecule has 0 fully saturated rings. The fraction of sp³-hybridized carbons (Fsp3) is 0.308. The van der Waals surface area contributed by atoms with Crippen molar-refractivity contribution in [3.63, 3.8) is 0 Å². The first-order valence-corrected chi connectivity index (χ1v) is 11.9. The van der Waals surface area contributed by atoms with Crippen LogP contribution in [-0.2, 0) is 12.8 Å². The van der Waals surface area contributed by atoms with Gasteiger partial charge in [-0.25, -0.2) is 4.99 Å². The molecule has 1 aliphatic carbocycles. The Morgan fingerprint density at radius 3 is 2.47 bits per heavy atom. The van der Waals surface area contributed by atoms with Gasteiger partial charge in [-0.15, -0.1) is 11.3 Å². The van der Waals surface area contributed by atoms with Crippen LogP contribution < -0.4 is 14.8 Å². The maximum atomic E-state index is 13.4. The molecular formula is C26H28N2O3S. The largest absolute Gasteiger partial charge is 0.497 e. The number of aliphatic imine (C=N–C) groups is 1. The van der Waals surface area contributed by atoms with Crippen molar-refractivity contribution in [2.45, 2.75) is 39.0 Å². The zero-order valence-electron chi connectivity index (χ0n) is 18.5. The summed E-state index contributed by atoms with van der Waals surface area (Å²) < 4.78 is 10.7. The summed E-state index contributed by atoms with van der Waals surface area (Å²) in [6, 6.07) is 15.2. The number of benzene rings is 2. The number of fused-ring (bicyclic) bond motifs is 1. The maximum Gasteiger partial charge on any atom is 0.259 e. The number of carbonyl (C=O) groups excluding carboxylic acids is 1. The maximum absolute atomic E-state index is 13.4. The number of ether oxygens (including phenoxy) is 2. The minimum absolute atomic E-state index is 0.101. The highest BCUT2D eigenvalue weighted by Crippen LogP contribution is 2.39. The number of anilines is 1. The minimum atomic E-state index is -0.101. The van der Waals surface area contributed by atoms with E-state index in [0.717, 1.165) is 59.0 Å². The average Bonchev–Trinajstić information content (AvgIpc) is 3.00. The Balaban J connectivity index is 1.62. The molecule has 6 heteroatoms. The van der Waals surface area contributed by atoms with Crippen LogP contribution in [0.4, 0.5) is 10.7 Å². The molecule has 166 valence electrons. The van der Waals surface area contributed by atoms with E-state index in [-0.39, 0.29) is 5.91 Å². The molecule has 0 aliphatic heterocycles. The Morgan fingerprint density at radius 1 is 1.03 bits per heavy atom. The summed E-state index contributed by atoms with van der Waals surface area (Å²) in [5.74, 6) is 1.50. The Hall–Kier alpha value is -3.12. The predicted molar refractivity (Wildman–Crippen MR) is 131 cm³/mol. The van der Waals surface area contributed by atoms with E-state index in [9.17, 15) is 4.79 Å². The summed E-state index contributed by atoms with van der Waals surface area (Å²) in [4.78, 5) is 19.4. The van der Waals surface area contributed by atoms with E-state index in [4.69, 9.17) is 14.5 Å². The second-order valence-corrected chi connectivity index (χ2v) is 8.77. The van der Waals surface area contributed by atoms with Crippen molar-refractivity contribution in [3.8, 4) is 11.5 Å². The highest BCUT2D eigenvalue weighted by Gasteiger charge is 2.24. The van der Waals surface area contributed by atoms with Gasteiger partial charge in [-0.05, 0) is 92.3 Å². The number of amides is 1. The summed E-state index contributed by atoms with van der Waals surface area (Å²) >= 11 is 1.65. The Bertz CT molecular complexity index is 1090. The Labute approximate surface area is 193 Å². The van der Waals surface area contributed by atoms with E-state index in [1.165, 1.54) is 11.3 Å². The molecule has 1 aliphatic rings. The van der Waals surface area contributed by atoms with Gasteiger partial charge in [0, 0.05) is 16.8 Å². The van der Waals surface area contributed by atoms with Crippen molar-refractivity contribution in [1.82, 2.24) is 0 Å². The molecule has 0 saturated carbocycles. The van der Waals surface area contributed by atoms with Crippen LogP contribution in [0, 0.1) is 0 Å². The molecule has 3 aromatic rings. The second kappa shape index (κ2) is 10.5. The number of hydrogen-bond acceptors (Lipinski definition) is 5. The molecule has 2 aromatic carbocycles. The number of nitrogens with zero attached hydrogens (tertiary/aromatic N) is 1. The average molecular weight is 449 g/mol. The topological polar surface area (TPSA) is 59.9 Å². The molecule has 32 heavy (non-hydrogen) atoms. The van der Waals surface area contributed by atoms with Gasteiger partial charge < -0.3 is 14.8 Å². The van der Waals surface area contributed by atoms with Gasteiger partial charge in [-0.3, -0.25) is 4.79 Å². The van der Waals surface area contributed by atoms with Crippen molar-refractivity contribution in [2.75, 3.05) is 19.0 Å². The van der Waals surface area contributed by atoms with Crippen molar-refractivity contribution in [3.05, 3.63) is 70.1 Å². The molecular weight excluding hydrogens is 420 g/mol. The molecule has 0 unspecified atom stereocenters. The molecule has 4 rings (SSSR count). The first-order valence-electron chi connectivity index (χ1n) is 11.0. The second-order valence-electron chi connectivity index (χ2n) is 7.69. The zero-order valence-corrected chi connectivity index (χ0v) is 19.3. The lowest BCUT2D eigenvalue weighted by Crippen LogP contribution is -2.13. The number of thiophene rings is 1. The number of carbonyl (C=O) groups is 1. The van der Waals surface area contributed by atoms with Crippen LogP contribution in [0.5, 0.6) is 11.5 Å². The predicted octanol–water partition coefficient (Wildman–Crippen LogP) is 6.43. The SMILES string of the molecule is CCOc1ccc(NC(=O)c2c(/N=C/c3ccc(OC)cc3)sc3c2CCCCC3)cc1. The Morgan fingerprint density at radius 2 is 1.75 bits per heavy atom. The summed E-state index contributed by atoms with van der Waals surface area (Å²) in [6.07, 6.45) is 7.23. The molecule has 5 nitrogen and oxygen atoms in total. The van der Waals surface area contributed by atoms with Crippen LogP contribution in [-0.4, -0.2) is 25.8 Å². The number of hydrogen-bond donors (Lipinski definition) is 1. The quantitative estimate of drug-likeness (QED) is 0.335. The van der Waals surface area contributed by atoms with Crippen molar-refractivity contribution >= 4 is 34.1 Å². The van der Waals surface area contributed by atoms with Gasteiger partial charge in [0.2, 0.25) is 0 Å². The van der Waals surface area contributed by atoms with Gasteiger partial charge in [0.05, 0.1) is 19.3 Å². The van der Waals surface area contributed by atoms with E-state index in [1.54, 1.807) is 18.4 Å². The molecule has 0 saturated heterocycles. The summed E-state index contributed by atoms with van der Waals surface area (Å²) in [5, 5.41) is 3.83. The molecule has 0 bridgehead atoms. The van der Waals surface area contributed by atoms with E-state index in [1.807, 2.05) is 61.7 Å². The van der Waals surface area contributed by atoms with Crippen LogP contribution in [0.25, 0.3) is 0 Å². The zero-order chi connectivity index (χ0) is 22.3. The fourth-order valence-electron chi connectivity index (χ4n) is 3.87. The van der Waals surface area contributed by atoms with Gasteiger partial charge in [-0.2, -0.15) is 0 Å². The Kier molecular flexibility index (Phi) is 7.22. The molecule has 1 N–H and O–H groups in total. The van der Waals surface area contributed by atoms with Gasteiger partial charge in [0.25, 0.3) is 5.91 Å². The van der Waals surface area contributed by atoms with Crippen LogP contribution in [0.3, 0.4) is 0 Å². The third kappa shape index (κ3) is 5.19. The van der Waals surface area contributed by atoms with Crippen molar-refractivity contribution in [1.29, 1.82) is 0 Å². The number of methoxy groups -OCH3 is 1. The highest BCUT2D eigenvalue weighted by molar-refractivity contribution is 7.16. The van der Waals surface area contributed by atoms with E-state index >= 15 is 0 Å².